The van der Waals surface area contributed by atoms with Gasteiger partial charge in [-0.1, -0.05) is 93.1 Å². The van der Waals surface area contributed by atoms with Gasteiger partial charge in [-0.05, 0) is 60.1 Å². The van der Waals surface area contributed by atoms with E-state index in [1.165, 1.54) is 12.8 Å². The van der Waals surface area contributed by atoms with Crippen LogP contribution in [0.15, 0.2) is 99.6 Å². The Kier molecular flexibility index (Phi) is 8.97. The van der Waals surface area contributed by atoms with Crippen LogP contribution in [0.3, 0.4) is 0 Å². The fourth-order valence-electron chi connectivity index (χ4n) is 3.73. The first kappa shape index (κ1) is 24.6. The summed E-state index contributed by atoms with van der Waals surface area (Å²) in [6, 6.07) is 27.6. The number of rotatable bonds is 12. The van der Waals surface area contributed by atoms with Crippen LogP contribution in [0.25, 0.3) is 0 Å². The monoisotopic (exact) mass is 470 g/mol. The molecule has 0 radical (unpaired) electrons. The molecule has 0 aliphatic carbocycles. The van der Waals surface area contributed by atoms with Crippen molar-refractivity contribution in [3.63, 3.8) is 0 Å². The highest BCUT2D eigenvalue weighted by atomic mass is 32.3. The zero-order chi connectivity index (χ0) is 22.9. The van der Waals surface area contributed by atoms with E-state index < -0.39 is 20.4 Å². The van der Waals surface area contributed by atoms with Crippen LogP contribution in [0.1, 0.15) is 51.0 Å². The molecule has 172 valence electrons. The molecule has 0 aromatic heterocycles. The van der Waals surface area contributed by atoms with E-state index in [0.29, 0.717) is 6.42 Å². The van der Waals surface area contributed by atoms with Crippen molar-refractivity contribution in [2.45, 2.75) is 67.1 Å². The molecule has 3 aromatic carbocycles. The van der Waals surface area contributed by atoms with Crippen LogP contribution < -0.4 is 0 Å². The molecular weight excluding hydrogens is 436 g/mol. The number of benzene rings is 3. The van der Waals surface area contributed by atoms with Crippen LogP contribution in [-0.2, 0) is 13.7 Å². The predicted octanol–water partition coefficient (Wildman–Crippen LogP) is 7.90. The highest BCUT2D eigenvalue weighted by molar-refractivity contribution is 8.33. The first-order valence-corrected chi connectivity index (χ1v) is 14.6. The fraction of sp³-hybridized carbons (Fsp3) is 0.333. The van der Waals surface area contributed by atoms with Crippen LogP contribution in [0.4, 0.5) is 0 Å². The van der Waals surface area contributed by atoms with Crippen LogP contribution in [0.2, 0.25) is 0 Å². The summed E-state index contributed by atoms with van der Waals surface area (Å²) in [4.78, 5) is 2.63. The summed E-state index contributed by atoms with van der Waals surface area (Å²) < 4.78 is 32.9. The molecule has 0 saturated heterocycles. The summed E-state index contributed by atoms with van der Waals surface area (Å²) >= 11 is 0. The molecule has 3 rings (SSSR count). The van der Waals surface area contributed by atoms with Gasteiger partial charge in [0.05, 0.1) is 5.75 Å². The molecule has 0 N–H and O–H groups in total. The molecule has 0 fully saturated rings. The minimum absolute atomic E-state index is 0.0411. The second-order valence-corrected chi connectivity index (χ2v) is 12.7. The van der Waals surface area contributed by atoms with Crippen molar-refractivity contribution in [1.82, 2.24) is 0 Å². The lowest BCUT2D eigenvalue weighted by Gasteiger charge is -2.39. The molecule has 0 spiro atoms. The summed E-state index contributed by atoms with van der Waals surface area (Å²) in [6.45, 7) is 4.21. The summed E-state index contributed by atoms with van der Waals surface area (Å²) in [5, 5.41) is 0. The minimum Gasteiger partial charge on any atom is -0.207 e. The van der Waals surface area contributed by atoms with E-state index >= 15 is 0 Å². The average molecular weight is 471 g/mol. The molecule has 0 unspecified atom stereocenters. The van der Waals surface area contributed by atoms with E-state index in [1.54, 1.807) is 0 Å². The molecule has 0 saturated carbocycles. The topological polar surface area (TPSA) is 43.4 Å². The van der Waals surface area contributed by atoms with Gasteiger partial charge in [0.15, 0.2) is 0 Å². The molecule has 0 bridgehead atoms. The van der Waals surface area contributed by atoms with Crippen molar-refractivity contribution >= 4 is 20.4 Å². The third-order valence-corrected chi connectivity index (χ3v) is 10.7. The van der Waals surface area contributed by atoms with Crippen molar-refractivity contribution in [3.05, 3.63) is 90.5 Å². The molecular formula is C27H34O3S2. The van der Waals surface area contributed by atoms with Gasteiger partial charge in [0.25, 0.3) is 10.1 Å². The zero-order valence-corrected chi connectivity index (χ0v) is 20.7. The molecule has 3 nitrogen and oxygen atoms in total. The van der Waals surface area contributed by atoms with E-state index in [1.807, 2.05) is 91.9 Å². The molecule has 3 aromatic rings. The Morgan fingerprint density at radius 2 is 1.09 bits per heavy atom. The van der Waals surface area contributed by atoms with Gasteiger partial charge in [-0.3, -0.25) is 0 Å². The first-order chi connectivity index (χ1) is 15.5. The molecule has 0 amide bonds. The van der Waals surface area contributed by atoms with Gasteiger partial charge in [-0.25, -0.2) is 3.63 Å². The van der Waals surface area contributed by atoms with Gasteiger partial charge < -0.3 is 0 Å². The lowest BCUT2D eigenvalue weighted by molar-refractivity contribution is 0.503. The molecule has 5 heteroatoms. The highest BCUT2D eigenvalue weighted by Crippen LogP contribution is 2.69. The Bertz CT molecular complexity index is 1010. The molecule has 0 atom stereocenters. The number of aryl methyl sites for hydroxylation is 1. The van der Waals surface area contributed by atoms with Crippen LogP contribution in [0, 0.1) is 6.92 Å². The van der Waals surface area contributed by atoms with E-state index in [-0.39, 0.29) is 5.75 Å². The van der Waals surface area contributed by atoms with Crippen molar-refractivity contribution in [3.8, 4) is 0 Å². The first-order valence-electron chi connectivity index (χ1n) is 11.4. The maximum Gasteiger partial charge on any atom is 0.277 e. The Labute approximate surface area is 195 Å². The molecule has 0 aliphatic heterocycles. The summed E-state index contributed by atoms with van der Waals surface area (Å²) in [5.41, 5.74) is 1.12. The smallest absolute Gasteiger partial charge is 0.207 e. The number of unbranched alkanes of at least 4 members (excludes halogenated alkanes) is 5. The van der Waals surface area contributed by atoms with E-state index in [9.17, 15) is 8.42 Å². The van der Waals surface area contributed by atoms with Crippen LogP contribution >= 0.6 is 10.3 Å². The second kappa shape index (κ2) is 11.7. The normalized spacial score (nSPS) is 12.6. The van der Waals surface area contributed by atoms with Gasteiger partial charge in [0.2, 0.25) is 0 Å². The largest absolute Gasteiger partial charge is 0.277 e. The van der Waals surface area contributed by atoms with E-state index in [4.69, 9.17) is 3.63 Å². The van der Waals surface area contributed by atoms with Gasteiger partial charge in [-0.15, -0.1) is 0 Å². The van der Waals surface area contributed by atoms with Crippen LogP contribution in [-0.4, -0.2) is 14.2 Å². The van der Waals surface area contributed by atoms with Crippen molar-refractivity contribution in [2.75, 3.05) is 5.75 Å². The van der Waals surface area contributed by atoms with Gasteiger partial charge in [0.1, 0.15) is 0 Å². The quantitative estimate of drug-likeness (QED) is 0.253. The molecule has 0 heterocycles. The van der Waals surface area contributed by atoms with Gasteiger partial charge in [0, 0.05) is 14.7 Å². The SMILES string of the molecule is CCCCCCCCS(=O)(=O)OS(c1ccccc1)(c1ccccc1)c1ccc(C)cc1. The maximum absolute atomic E-state index is 13.3. The Morgan fingerprint density at radius 1 is 0.625 bits per heavy atom. The predicted molar refractivity (Wildman–Crippen MR) is 135 cm³/mol. The summed E-state index contributed by atoms with van der Waals surface area (Å²) in [7, 11) is -6.20. The standard InChI is InChI=1S/C27H34O3S2/c1-3-4-5-6-7-14-23-31(28,29)30-32(25-15-10-8-11-16-25,26-17-12-9-13-18-26)27-21-19-24(2)20-22-27/h8-13,15-22H,3-7,14,23H2,1-2H3. The maximum atomic E-state index is 13.3. The second-order valence-electron chi connectivity index (χ2n) is 8.09. The highest BCUT2D eigenvalue weighted by Gasteiger charge is 2.37. The summed E-state index contributed by atoms with van der Waals surface area (Å²) in [6.07, 6.45) is 6.13. The van der Waals surface area contributed by atoms with E-state index in [2.05, 4.69) is 6.92 Å². The molecule has 0 aliphatic rings. The Morgan fingerprint density at radius 3 is 1.62 bits per heavy atom. The molecule has 32 heavy (non-hydrogen) atoms. The van der Waals surface area contributed by atoms with Crippen molar-refractivity contribution in [2.24, 2.45) is 0 Å². The van der Waals surface area contributed by atoms with Crippen molar-refractivity contribution < 1.29 is 12.0 Å². The number of hydrogen-bond donors (Lipinski definition) is 0. The van der Waals surface area contributed by atoms with Crippen molar-refractivity contribution in [1.29, 1.82) is 0 Å². The summed E-state index contributed by atoms with van der Waals surface area (Å²) in [5.74, 6) is 0.0411. The number of hydrogen-bond acceptors (Lipinski definition) is 3. The fourth-order valence-corrected chi connectivity index (χ4v) is 9.16. The lowest BCUT2D eigenvalue weighted by Crippen LogP contribution is -2.17. The zero-order valence-electron chi connectivity index (χ0n) is 19.1. The third-order valence-electron chi connectivity index (χ3n) is 5.46. The average Bonchev–Trinajstić information content (AvgIpc) is 2.81. The third kappa shape index (κ3) is 6.25. The lowest BCUT2D eigenvalue weighted by atomic mass is 10.1. The Balaban J connectivity index is 2.01. The van der Waals surface area contributed by atoms with Gasteiger partial charge >= 0.3 is 0 Å². The van der Waals surface area contributed by atoms with Gasteiger partial charge in [-0.2, -0.15) is 8.42 Å². The van der Waals surface area contributed by atoms with E-state index in [0.717, 1.165) is 39.5 Å². The minimum atomic E-state index is -3.75. The Hall–Kier alpha value is -2.08. The van der Waals surface area contributed by atoms with Crippen LogP contribution in [0.5, 0.6) is 0 Å².